The third kappa shape index (κ3) is 6.83. The fourth-order valence-corrected chi connectivity index (χ4v) is 4.22. The van der Waals surface area contributed by atoms with Crippen LogP contribution in [0.25, 0.3) is 0 Å². The molecule has 2 aromatic carbocycles. The summed E-state index contributed by atoms with van der Waals surface area (Å²) in [5.74, 6) is -1.73. The molecule has 1 fully saturated rings. The Morgan fingerprint density at radius 2 is 1.65 bits per heavy atom. The molecule has 12 heteroatoms. The Kier molecular flexibility index (Phi) is 8.83. The molecule has 7 nitrogen and oxygen atoms in total. The summed E-state index contributed by atoms with van der Waals surface area (Å²) in [5.41, 5.74) is 5.16. The minimum atomic E-state index is -4.45. The van der Waals surface area contributed by atoms with Crippen LogP contribution in [0.4, 0.5) is 33.5 Å². The Bertz CT molecular complexity index is 1210. The first-order valence-corrected chi connectivity index (χ1v) is 11.4. The molecule has 196 valence electrons. The van der Waals surface area contributed by atoms with Gasteiger partial charge >= 0.3 is 6.18 Å². The van der Waals surface area contributed by atoms with Crippen molar-refractivity contribution in [1.29, 1.82) is 5.26 Å². The number of rotatable bonds is 7. The van der Waals surface area contributed by atoms with Crippen molar-refractivity contribution in [2.24, 2.45) is 5.73 Å². The van der Waals surface area contributed by atoms with Crippen LogP contribution >= 0.6 is 0 Å². The van der Waals surface area contributed by atoms with Gasteiger partial charge in [0.2, 0.25) is 0 Å². The third-order valence-corrected chi connectivity index (χ3v) is 6.17. The molecule has 3 aromatic rings. The van der Waals surface area contributed by atoms with Gasteiger partial charge < -0.3 is 16.4 Å². The number of nitrogens with one attached hydrogen (secondary N) is 2. The van der Waals surface area contributed by atoms with Crippen molar-refractivity contribution >= 4 is 17.4 Å². The zero-order chi connectivity index (χ0) is 27.2. The topological polar surface area (TPSA) is 109 Å². The first-order chi connectivity index (χ1) is 17.6. The van der Waals surface area contributed by atoms with Crippen molar-refractivity contribution in [3.63, 3.8) is 0 Å². The van der Waals surface area contributed by atoms with Crippen LogP contribution in [0.3, 0.4) is 0 Å². The summed E-state index contributed by atoms with van der Waals surface area (Å²) in [4.78, 5) is 11.9. The van der Waals surface area contributed by atoms with E-state index in [0.29, 0.717) is 18.5 Å². The summed E-state index contributed by atoms with van der Waals surface area (Å²) in [7, 11) is 0. The van der Waals surface area contributed by atoms with Crippen molar-refractivity contribution < 1.29 is 26.7 Å². The number of nitriles is 1. The van der Waals surface area contributed by atoms with Crippen LogP contribution in [0.1, 0.15) is 53.2 Å². The molecule has 1 saturated carbocycles. The number of amides is 1. The Hall–Kier alpha value is -3.98. The minimum absolute atomic E-state index is 0.00628. The van der Waals surface area contributed by atoms with Crippen LogP contribution < -0.4 is 16.4 Å². The molecule has 0 saturated heterocycles. The van der Waals surface area contributed by atoms with Crippen molar-refractivity contribution in [2.45, 2.75) is 50.5 Å². The molecule has 1 aliphatic rings. The van der Waals surface area contributed by atoms with Gasteiger partial charge in [-0.05, 0) is 62.1 Å². The van der Waals surface area contributed by atoms with Gasteiger partial charge in [-0.2, -0.15) is 18.3 Å². The zero-order valence-corrected chi connectivity index (χ0v) is 19.6. The molecule has 0 bridgehead atoms. The first-order valence-electron chi connectivity index (χ1n) is 11.4. The lowest BCUT2D eigenvalue weighted by Crippen LogP contribution is -2.34. The number of alkyl halides is 3. The summed E-state index contributed by atoms with van der Waals surface area (Å²) in [5, 5.41) is 17.0. The molecule has 37 heavy (non-hydrogen) atoms. The van der Waals surface area contributed by atoms with E-state index < -0.39 is 29.3 Å². The molecular weight excluding hydrogens is 495 g/mol. The SMILES string of the molecule is C#N.NC(=O)c1cn(C2CCC(NCc3c(F)cccc3F)CC2)nc1Nc1ccc(C(F)(F)F)cc1. The van der Waals surface area contributed by atoms with Crippen molar-refractivity contribution in [3.8, 4) is 6.57 Å². The van der Waals surface area contributed by atoms with Crippen LogP contribution in [-0.2, 0) is 12.7 Å². The monoisotopic (exact) mass is 520 g/mol. The zero-order valence-electron chi connectivity index (χ0n) is 19.6. The minimum Gasteiger partial charge on any atom is -0.365 e. The second-order valence-corrected chi connectivity index (χ2v) is 8.52. The number of carbonyl (C=O) groups excluding carboxylic acids is 1. The summed E-state index contributed by atoms with van der Waals surface area (Å²) >= 11 is 0. The molecular formula is C25H25F5N6O. The summed E-state index contributed by atoms with van der Waals surface area (Å²) in [6, 6.07) is 8.19. The molecule has 0 unspecified atom stereocenters. The lowest BCUT2D eigenvalue weighted by atomic mass is 9.91. The van der Waals surface area contributed by atoms with E-state index in [1.165, 1.54) is 36.5 Å². The maximum absolute atomic E-state index is 13.8. The van der Waals surface area contributed by atoms with Gasteiger partial charge in [0, 0.05) is 36.6 Å². The largest absolute Gasteiger partial charge is 0.416 e. The summed E-state index contributed by atoms with van der Waals surface area (Å²) < 4.78 is 67.7. The molecule has 0 aliphatic heterocycles. The number of carbonyl (C=O) groups is 1. The van der Waals surface area contributed by atoms with E-state index in [-0.39, 0.29) is 35.6 Å². The van der Waals surface area contributed by atoms with Gasteiger partial charge in [0.1, 0.15) is 17.2 Å². The highest BCUT2D eigenvalue weighted by Gasteiger charge is 2.30. The van der Waals surface area contributed by atoms with E-state index in [1.807, 2.05) is 0 Å². The normalized spacial score (nSPS) is 17.5. The Balaban J connectivity index is 0.00000186. The molecule has 1 amide bonds. The molecule has 1 heterocycles. The highest BCUT2D eigenvalue weighted by Crippen LogP contribution is 2.32. The predicted molar refractivity (Wildman–Crippen MR) is 127 cm³/mol. The number of aromatic nitrogens is 2. The second-order valence-electron chi connectivity index (χ2n) is 8.52. The molecule has 4 N–H and O–H groups in total. The summed E-state index contributed by atoms with van der Waals surface area (Å²) in [6.45, 7) is 3.59. The Labute approximate surface area is 210 Å². The second kappa shape index (κ2) is 11.8. The lowest BCUT2D eigenvalue weighted by Gasteiger charge is -2.29. The Morgan fingerprint density at radius 1 is 1.05 bits per heavy atom. The predicted octanol–water partition coefficient (Wildman–Crippen LogP) is 5.44. The molecule has 0 spiro atoms. The fourth-order valence-electron chi connectivity index (χ4n) is 4.22. The van der Waals surface area contributed by atoms with Gasteiger partial charge in [-0.3, -0.25) is 9.48 Å². The fraction of sp³-hybridized carbons (Fsp3) is 0.320. The molecule has 0 atom stereocenters. The van der Waals surface area contributed by atoms with Crippen molar-refractivity contribution in [3.05, 3.63) is 77.0 Å². The average Bonchev–Trinajstić information content (AvgIpc) is 3.29. The average molecular weight is 521 g/mol. The van der Waals surface area contributed by atoms with Gasteiger partial charge in [0.25, 0.3) is 5.91 Å². The molecule has 1 aromatic heterocycles. The van der Waals surface area contributed by atoms with Gasteiger partial charge in [0.05, 0.1) is 11.6 Å². The molecule has 0 radical (unpaired) electrons. The van der Waals surface area contributed by atoms with E-state index in [1.54, 1.807) is 4.68 Å². The Morgan fingerprint density at radius 3 is 2.19 bits per heavy atom. The number of hydrogen-bond donors (Lipinski definition) is 3. The highest BCUT2D eigenvalue weighted by atomic mass is 19.4. The van der Waals surface area contributed by atoms with Crippen molar-refractivity contribution in [1.82, 2.24) is 15.1 Å². The number of nitrogens with zero attached hydrogens (tertiary/aromatic N) is 3. The lowest BCUT2D eigenvalue weighted by molar-refractivity contribution is -0.137. The standard InChI is InChI=1S/C24H24F5N5O.CHN/c25-20-2-1-3-21(26)18(20)12-31-15-8-10-17(11-9-15)34-13-19(22(30)35)23(33-34)32-16-6-4-14(5-7-16)24(27,28)29;1-2/h1-7,13,15,17,31H,8-12H2,(H2,30,35)(H,32,33);1H. The number of nitrogens with two attached hydrogens (primary N) is 1. The summed E-state index contributed by atoms with van der Waals surface area (Å²) in [6.07, 6.45) is -0.0477. The van der Waals surface area contributed by atoms with Crippen LogP contribution in [-0.4, -0.2) is 21.7 Å². The molecule has 4 rings (SSSR count). The van der Waals surface area contributed by atoms with Crippen molar-refractivity contribution in [2.75, 3.05) is 5.32 Å². The third-order valence-electron chi connectivity index (χ3n) is 6.17. The number of primary amides is 1. The first kappa shape index (κ1) is 27.6. The smallest absolute Gasteiger partial charge is 0.365 e. The van der Waals surface area contributed by atoms with Crippen LogP contribution in [0, 0.1) is 23.5 Å². The van der Waals surface area contributed by atoms with E-state index in [9.17, 15) is 26.7 Å². The number of halogens is 5. The van der Waals surface area contributed by atoms with Crippen LogP contribution in [0.15, 0.2) is 48.7 Å². The van der Waals surface area contributed by atoms with Gasteiger partial charge in [-0.15, -0.1) is 0 Å². The molecule has 1 aliphatic carbocycles. The van der Waals surface area contributed by atoms with Gasteiger partial charge in [0.15, 0.2) is 5.82 Å². The maximum Gasteiger partial charge on any atom is 0.416 e. The quantitative estimate of drug-likeness (QED) is 0.360. The highest BCUT2D eigenvalue weighted by molar-refractivity contribution is 5.98. The van der Waals surface area contributed by atoms with Crippen LogP contribution in [0.2, 0.25) is 0 Å². The van der Waals surface area contributed by atoms with E-state index >= 15 is 0 Å². The number of anilines is 2. The maximum atomic E-state index is 13.8. The van der Waals surface area contributed by atoms with E-state index in [0.717, 1.165) is 25.0 Å². The number of hydrogen-bond acceptors (Lipinski definition) is 5. The number of benzene rings is 2. The van der Waals surface area contributed by atoms with E-state index in [2.05, 4.69) is 22.3 Å². The van der Waals surface area contributed by atoms with Gasteiger partial charge in [-0.1, -0.05) is 6.07 Å². The van der Waals surface area contributed by atoms with E-state index in [4.69, 9.17) is 11.0 Å². The van der Waals surface area contributed by atoms with Crippen LogP contribution in [0.5, 0.6) is 0 Å². The van der Waals surface area contributed by atoms with Gasteiger partial charge in [-0.25, -0.2) is 14.0 Å².